The molecule has 3 aromatic rings. The summed E-state index contributed by atoms with van der Waals surface area (Å²) in [7, 11) is 0. The maximum absolute atomic E-state index is 12.4. The van der Waals surface area contributed by atoms with E-state index in [2.05, 4.69) is 19.9 Å². The van der Waals surface area contributed by atoms with E-state index in [-0.39, 0.29) is 16.1 Å². The van der Waals surface area contributed by atoms with Crippen LogP contribution in [0.4, 0.5) is 0 Å². The highest BCUT2D eigenvalue weighted by Crippen LogP contribution is 2.22. The number of rotatable bonds is 2. The molecule has 0 fully saturated rings. The molecule has 3 N–H and O–H groups in total. The van der Waals surface area contributed by atoms with Crippen molar-refractivity contribution in [2.45, 2.75) is 26.2 Å². The summed E-state index contributed by atoms with van der Waals surface area (Å²) in [6, 6.07) is 4.87. The third-order valence-electron chi connectivity index (χ3n) is 3.88. The molecular formula is C19H18Cl2N4O2. The number of H-pyrrole nitrogens is 3. The highest BCUT2D eigenvalue weighted by Gasteiger charge is 2.19. The van der Waals surface area contributed by atoms with Gasteiger partial charge >= 0.3 is 0 Å². The molecule has 2 aromatic heterocycles. The van der Waals surface area contributed by atoms with Crippen molar-refractivity contribution >= 4 is 35.4 Å². The van der Waals surface area contributed by atoms with E-state index in [1.807, 2.05) is 20.8 Å². The lowest BCUT2D eigenvalue weighted by atomic mass is 9.90. The van der Waals surface area contributed by atoms with Crippen LogP contribution in [-0.4, -0.2) is 19.9 Å². The SMILES string of the molecule is CC(C)(C)c1[nH]cnc1/C=c1/[nH]c(=O)/c(=C\c2cc(Cl)cc(Cl)c2)[nH]c1=O. The molecule has 27 heavy (non-hydrogen) atoms. The molecule has 2 heterocycles. The number of hydrogen-bond donors (Lipinski definition) is 3. The van der Waals surface area contributed by atoms with Gasteiger partial charge in [-0.3, -0.25) is 9.59 Å². The molecule has 0 amide bonds. The second-order valence-corrected chi connectivity index (χ2v) is 8.01. The number of halogens is 2. The summed E-state index contributed by atoms with van der Waals surface area (Å²) < 4.78 is 0. The van der Waals surface area contributed by atoms with Gasteiger partial charge in [-0.2, -0.15) is 0 Å². The highest BCUT2D eigenvalue weighted by molar-refractivity contribution is 6.34. The summed E-state index contributed by atoms with van der Waals surface area (Å²) >= 11 is 11.9. The maximum atomic E-state index is 12.4. The number of benzene rings is 1. The summed E-state index contributed by atoms with van der Waals surface area (Å²) in [5, 5.41) is 1.10. The molecule has 0 saturated carbocycles. The Morgan fingerprint density at radius 1 is 0.926 bits per heavy atom. The van der Waals surface area contributed by atoms with E-state index in [4.69, 9.17) is 23.2 Å². The summed E-state index contributed by atoms with van der Waals surface area (Å²) in [5.41, 5.74) is 1.01. The molecule has 0 aliphatic heterocycles. The van der Waals surface area contributed by atoms with Gasteiger partial charge in [0, 0.05) is 21.2 Å². The second-order valence-electron chi connectivity index (χ2n) is 7.14. The first-order chi connectivity index (χ1) is 12.6. The highest BCUT2D eigenvalue weighted by atomic mass is 35.5. The fourth-order valence-electron chi connectivity index (χ4n) is 2.67. The molecule has 0 bridgehead atoms. The van der Waals surface area contributed by atoms with Crippen molar-refractivity contribution in [3.05, 3.63) is 82.9 Å². The largest absolute Gasteiger partial charge is 0.348 e. The average Bonchev–Trinajstić information content (AvgIpc) is 2.99. The van der Waals surface area contributed by atoms with Gasteiger partial charge in [-0.05, 0) is 35.9 Å². The van der Waals surface area contributed by atoms with E-state index in [0.29, 0.717) is 21.3 Å². The molecule has 0 aliphatic rings. The first kappa shape index (κ1) is 19.2. The number of aromatic amines is 3. The van der Waals surface area contributed by atoms with Crippen LogP contribution in [0.15, 0.2) is 34.1 Å². The Morgan fingerprint density at radius 3 is 2.04 bits per heavy atom. The Balaban J connectivity index is 2.14. The lowest BCUT2D eigenvalue weighted by molar-refractivity contribution is 0.571. The molecule has 0 aliphatic carbocycles. The van der Waals surface area contributed by atoms with E-state index in [0.717, 1.165) is 5.69 Å². The van der Waals surface area contributed by atoms with Crippen molar-refractivity contribution in [3.63, 3.8) is 0 Å². The number of imidazole rings is 1. The van der Waals surface area contributed by atoms with Crippen LogP contribution in [0.5, 0.6) is 0 Å². The third kappa shape index (κ3) is 4.40. The Labute approximate surface area is 164 Å². The molecule has 1 aromatic carbocycles. The zero-order chi connectivity index (χ0) is 19.8. The van der Waals surface area contributed by atoms with Crippen molar-refractivity contribution in [1.29, 1.82) is 0 Å². The standard InChI is InChI=1S/C19H18Cl2N4O2/c1-19(2,3)16-13(22-9-23-16)8-15-18(27)24-14(17(26)25-15)6-10-4-11(20)7-12(21)5-10/h4-9H,1-3H3,(H,22,23)(H,24,27)(H,25,26)/b14-6+,15-8+. The number of hydrogen-bond acceptors (Lipinski definition) is 3. The molecule has 0 saturated heterocycles. The predicted octanol–water partition coefficient (Wildman–Crippen LogP) is 2.05. The Bertz CT molecular complexity index is 1210. The van der Waals surface area contributed by atoms with Gasteiger partial charge in [0.15, 0.2) is 0 Å². The summed E-state index contributed by atoms with van der Waals surface area (Å²) in [6.07, 6.45) is 4.62. The van der Waals surface area contributed by atoms with Crippen LogP contribution in [-0.2, 0) is 5.41 Å². The van der Waals surface area contributed by atoms with Crippen LogP contribution in [0.1, 0.15) is 37.7 Å². The Morgan fingerprint density at radius 2 is 1.48 bits per heavy atom. The predicted molar refractivity (Wildman–Crippen MR) is 108 cm³/mol. The smallest absolute Gasteiger partial charge is 0.272 e. The lowest BCUT2D eigenvalue weighted by Gasteiger charge is -2.16. The molecule has 6 nitrogen and oxygen atoms in total. The molecule has 3 rings (SSSR count). The molecule has 140 valence electrons. The minimum Gasteiger partial charge on any atom is -0.348 e. The van der Waals surface area contributed by atoms with Crippen LogP contribution >= 0.6 is 23.2 Å². The summed E-state index contributed by atoms with van der Waals surface area (Å²) in [6.45, 7) is 6.08. The number of aromatic nitrogens is 4. The van der Waals surface area contributed by atoms with Crippen LogP contribution < -0.4 is 21.8 Å². The fourth-order valence-corrected chi connectivity index (χ4v) is 3.22. The monoisotopic (exact) mass is 404 g/mol. The second kappa shape index (κ2) is 7.21. The fraction of sp³-hybridized carbons (Fsp3) is 0.211. The minimum atomic E-state index is -0.440. The third-order valence-corrected chi connectivity index (χ3v) is 4.32. The zero-order valence-corrected chi connectivity index (χ0v) is 16.5. The van der Waals surface area contributed by atoms with Gasteiger partial charge in [0.25, 0.3) is 11.1 Å². The van der Waals surface area contributed by atoms with Crippen LogP contribution in [0.2, 0.25) is 10.0 Å². The molecule has 0 radical (unpaired) electrons. The van der Waals surface area contributed by atoms with Gasteiger partial charge in [0.1, 0.15) is 10.7 Å². The van der Waals surface area contributed by atoms with Crippen molar-refractivity contribution in [1.82, 2.24) is 19.9 Å². The maximum Gasteiger partial charge on any atom is 0.272 e. The quantitative estimate of drug-likeness (QED) is 0.609. The first-order valence-electron chi connectivity index (χ1n) is 8.19. The van der Waals surface area contributed by atoms with Crippen molar-refractivity contribution in [2.24, 2.45) is 0 Å². The van der Waals surface area contributed by atoms with E-state index in [1.165, 1.54) is 6.08 Å². The lowest BCUT2D eigenvalue weighted by Crippen LogP contribution is -2.46. The van der Waals surface area contributed by atoms with Gasteiger partial charge in [-0.25, -0.2) is 4.98 Å². The van der Waals surface area contributed by atoms with Gasteiger partial charge in [0.2, 0.25) is 0 Å². The normalized spacial score (nSPS) is 13.4. The van der Waals surface area contributed by atoms with Crippen LogP contribution in [0.25, 0.3) is 12.2 Å². The molecule has 0 unspecified atom stereocenters. The molecule has 8 heteroatoms. The van der Waals surface area contributed by atoms with Crippen LogP contribution in [0, 0.1) is 0 Å². The van der Waals surface area contributed by atoms with Gasteiger partial charge in [0.05, 0.1) is 12.0 Å². The van der Waals surface area contributed by atoms with Gasteiger partial charge in [-0.1, -0.05) is 44.0 Å². The topological polar surface area (TPSA) is 94.4 Å². The van der Waals surface area contributed by atoms with E-state index in [1.54, 1.807) is 30.6 Å². The van der Waals surface area contributed by atoms with Crippen molar-refractivity contribution in [2.75, 3.05) is 0 Å². The molecule has 0 spiro atoms. The van der Waals surface area contributed by atoms with Crippen molar-refractivity contribution < 1.29 is 0 Å². The van der Waals surface area contributed by atoms with Gasteiger partial charge < -0.3 is 15.0 Å². The zero-order valence-electron chi connectivity index (χ0n) is 15.0. The molecule has 0 atom stereocenters. The number of nitrogens with one attached hydrogen (secondary N) is 3. The van der Waals surface area contributed by atoms with Gasteiger partial charge in [-0.15, -0.1) is 0 Å². The Hall–Kier alpha value is -2.57. The number of nitrogens with zero attached hydrogens (tertiary/aromatic N) is 1. The van der Waals surface area contributed by atoms with Crippen LogP contribution in [0.3, 0.4) is 0 Å². The average molecular weight is 405 g/mol. The van der Waals surface area contributed by atoms with E-state index < -0.39 is 11.1 Å². The van der Waals surface area contributed by atoms with E-state index >= 15 is 0 Å². The summed E-state index contributed by atoms with van der Waals surface area (Å²) in [4.78, 5) is 37.4. The first-order valence-corrected chi connectivity index (χ1v) is 8.95. The molecular weight excluding hydrogens is 387 g/mol. The van der Waals surface area contributed by atoms with Crippen molar-refractivity contribution in [3.8, 4) is 0 Å². The Kier molecular flexibility index (Phi) is 5.13. The summed E-state index contributed by atoms with van der Waals surface area (Å²) in [5.74, 6) is 0. The minimum absolute atomic E-state index is 0.105. The van der Waals surface area contributed by atoms with E-state index in [9.17, 15) is 9.59 Å².